The lowest BCUT2D eigenvalue weighted by Crippen LogP contribution is -2.41. The number of carbonyl (C=O) groups is 1. The van der Waals surface area contributed by atoms with Gasteiger partial charge in [0, 0.05) is 31.0 Å². The largest absolute Gasteiger partial charge is 0.375 e. The Balaban J connectivity index is 1.68. The summed E-state index contributed by atoms with van der Waals surface area (Å²) >= 11 is 0. The molecule has 0 spiro atoms. The first-order valence-electron chi connectivity index (χ1n) is 8.39. The van der Waals surface area contributed by atoms with Crippen LogP contribution in [0.15, 0.2) is 30.3 Å². The molecule has 2 heterocycles. The molecule has 1 amide bonds. The molecule has 0 bridgehead atoms. The maximum atomic E-state index is 12.4. The van der Waals surface area contributed by atoms with Crippen molar-refractivity contribution in [3.8, 4) is 0 Å². The number of nitrogens with zero attached hydrogens (tertiary/aromatic N) is 3. The number of benzene rings is 1. The topological polar surface area (TPSA) is 59.4 Å². The number of hydrogen-bond donors (Lipinski definition) is 1. The monoisotopic (exact) mass is 328 g/mol. The van der Waals surface area contributed by atoms with Crippen molar-refractivity contribution < 1.29 is 9.53 Å². The Hall–Kier alpha value is -2.34. The Morgan fingerprint density at radius 2 is 2.12 bits per heavy atom. The van der Waals surface area contributed by atoms with Gasteiger partial charge in [0.25, 0.3) is 5.91 Å². The quantitative estimate of drug-likeness (QED) is 0.937. The minimum Gasteiger partial charge on any atom is -0.375 e. The first-order chi connectivity index (χ1) is 11.6. The van der Waals surface area contributed by atoms with Gasteiger partial charge in [-0.2, -0.15) is 5.10 Å². The van der Waals surface area contributed by atoms with E-state index < -0.39 is 0 Å². The van der Waals surface area contributed by atoms with Crippen LogP contribution in [0.4, 0.5) is 11.4 Å². The average Bonchev–Trinajstić information content (AvgIpc) is 2.97. The second-order valence-electron chi connectivity index (χ2n) is 6.12. The Kier molecular flexibility index (Phi) is 4.85. The van der Waals surface area contributed by atoms with Gasteiger partial charge >= 0.3 is 0 Å². The molecule has 1 atom stereocenters. The van der Waals surface area contributed by atoms with Gasteiger partial charge in [0.05, 0.1) is 18.4 Å². The van der Waals surface area contributed by atoms with Gasteiger partial charge in [0.2, 0.25) is 0 Å². The zero-order chi connectivity index (χ0) is 17.1. The third-order valence-corrected chi connectivity index (χ3v) is 4.17. The Labute approximate surface area is 142 Å². The molecule has 6 nitrogen and oxygen atoms in total. The van der Waals surface area contributed by atoms with Crippen LogP contribution < -0.4 is 10.2 Å². The molecule has 1 aliphatic rings. The number of hydrogen-bond acceptors (Lipinski definition) is 4. The third kappa shape index (κ3) is 3.59. The lowest BCUT2D eigenvalue weighted by atomic mass is 10.2. The predicted octanol–water partition coefficient (Wildman–Crippen LogP) is 2.69. The molecule has 3 rings (SSSR count). The first-order valence-corrected chi connectivity index (χ1v) is 8.39. The summed E-state index contributed by atoms with van der Waals surface area (Å²) in [6, 6.07) is 9.76. The number of rotatable bonds is 4. The average molecular weight is 328 g/mol. The van der Waals surface area contributed by atoms with E-state index in [-0.39, 0.29) is 12.0 Å². The van der Waals surface area contributed by atoms with Crippen LogP contribution in [0.2, 0.25) is 0 Å². The maximum absolute atomic E-state index is 12.4. The van der Waals surface area contributed by atoms with Gasteiger partial charge in [0.15, 0.2) is 0 Å². The van der Waals surface area contributed by atoms with E-state index in [1.807, 2.05) is 44.2 Å². The molecule has 1 aliphatic heterocycles. The van der Waals surface area contributed by atoms with Crippen LogP contribution in [0, 0.1) is 6.92 Å². The highest BCUT2D eigenvalue weighted by Gasteiger charge is 2.17. The second kappa shape index (κ2) is 7.05. The van der Waals surface area contributed by atoms with E-state index in [2.05, 4.69) is 22.2 Å². The molecule has 1 N–H and O–H groups in total. The molecule has 2 aromatic rings. The van der Waals surface area contributed by atoms with E-state index in [1.54, 1.807) is 4.68 Å². The minimum atomic E-state index is -0.134. The van der Waals surface area contributed by atoms with Crippen molar-refractivity contribution in [2.45, 2.75) is 33.4 Å². The summed E-state index contributed by atoms with van der Waals surface area (Å²) in [5.41, 5.74) is 3.36. The van der Waals surface area contributed by atoms with E-state index in [0.717, 1.165) is 36.8 Å². The standard InChI is InChI=1S/C18H24N4O2/c1-4-22-17(11-13(2)20-22)18(23)19-15-5-7-16(8-6-15)21-9-10-24-14(3)12-21/h5-8,11,14H,4,9-10,12H2,1-3H3,(H,19,23). The molecule has 1 saturated heterocycles. The van der Waals surface area contributed by atoms with Crippen molar-refractivity contribution in [2.24, 2.45) is 0 Å². The van der Waals surface area contributed by atoms with Gasteiger partial charge in [-0.25, -0.2) is 0 Å². The molecule has 0 aliphatic carbocycles. The highest BCUT2D eigenvalue weighted by molar-refractivity contribution is 6.03. The van der Waals surface area contributed by atoms with E-state index in [4.69, 9.17) is 4.74 Å². The summed E-state index contributed by atoms with van der Waals surface area (Å²) in [5.74, 6) is -0.134. The van der Waals surface area contributed by atoms with E-state index >= 15 is 0 Å². The Bertz CT molecular complexity index is 708. The summed E-state index contributed by atoms with van der Waals surface area (Å²) in [7, 11) is 0. The lowest BCUT2D eigenvalue weighted by Gasteiger charge is -2.33. The zero-order valence-electron chi connectivity index (χ0n) is 14.5. The van der Waals surface area contributed by atoms with Crippen LogP contribution >= 0.6 is 0 Å². The summed E-state index contributed by atoms with van der Waals surface area (Å²) in [4.78, 5) is 14.7. The maximum Gasteiger partial charge on any atom is 0.273 e. The molecule has 1 aromatic carbocycles. The normalized spacial score (nSPS) is 17.8. The molecule has 0 radical (unpaired) electrons. The van der Waals surface area contributed by atoms with E-state index in [0.29, 0.717) is 12.2 Å². The van der Waals surface area contributed by atoms with Gasteiger partial charge < -0.3 is 15.0 Å². The van der Waals surface area contributed by atoms with Crippen LogP contribution in [0.25, 0.3) is 0 Å². The van der Waals surface area contributed by atoms with Crippen LogP contribution in [0.3, 0.4) is 0 Å². The molecular formula is C18H24N4O2. The molecule has 6 heteroatoms. The second-order valence-corrected chi connectivity index (χ2v) is 6.12. The van der Waals surface area contributed by atoms with Crippen molar-refractivity contribution in [1.29, 1.82) is 0 Å². The lowest BCUT2D eigenvalue weighted by molar-refractivity contribution is 0.0532. The number of carbonyl (C=O) groups excluding carboxylic acids is 1. The summed E-state index contributed by atoms with van der Waals surface area (Å²) < 4.78 is 7.29. The highest BCUT2D eigenvalue weighted by atomic mass is 16.5. The van der Waals surface area contributed by atoms with Crippen molar-refractivity contribution >= 4 is 17.3 Å². The van der Waals surface area contributed by atoms with Gasteiger partial charge in [0.1, 0.15) is 5.69 Å². The van der Waals surface area contributed by atoms with Crippen molar-refractivity contribution in [3.63, 3.8) is 0 Å². The first kappa shape index (κ1) is 16.5. The van der Waals surface area contributed by atoms with Gasteiger partial charge in [-0.15, -0.1) is 0 Å². The fourth-order valence-electron chi connectivity index (χ4n) is 2.97. The number of ether oxygens (including phenoxy) is 1. The molecular weight excluding hydrogens is 304 g/mol. The summed E-state index contributed by atoms with van der Waals surface area (Å²) in [6.45, 7) is 9.15. The third-order valence-electron chi connectivity index (χ3n) is 4.17. The Morgan fingerprint density at radius 1 is 1.38 bits per heavy atom. The smallest absolute Gasteiger partial charge is 0.273 e. The van der Waals surface area contributed by atoms with Crippen molar-refractivity contribution in [1.82, 2.24) is 9.78 Å². The molecule has 1 fully saturated rings. The van der Waals surface area contributed by atoms with Gasteiger partial charge in [-0.3, -0.25) is 9.48 Å². The SMILES string of the molecule is CCn1nc(C)cc1C(=O)Nc1ccc(N2CCOC(C)C2)cc1. The number of morpholine rings is 1. The van der Waals surface area contributed by atoms with Crippen molar-refractivity contribution in [3.05, 3.63) is 41.7 Å². The zero-order valence-corrected chi connectivity index (χ0v) is 14.5. The van der Waals surface area contributed by atoms with E-state index in [1.165, 1.54) is 0 Å². The predicted molar refractivity (Wildman–Crippen MR) is 94.7 cm³/mol. The van der Waals surface area contributed by atoms with Crippen molar-refractivity contribution in [2.75, 3.05) is 29.9 Å². The molecule has 1 unspecified atom stereocenters. The van der Waals surface area contributed by atoms with E-state index in [9.17, 15) is 4.79 Å². The molecule has 128 valence electrons. The summed E-state index contributed by atoms with van der Waals surface area (Å²) in [6.07, 6.45) is 0.246. The molecule has 1 aromatic heterocycles. The van der Waals surface area contributed by atoms with Gasteiger partial charge in [-0.1, -0.05) is 0 Å². The van der Waals surface area contributed by atoms with Crippen LogP contribution in [0.5, 0.6) is 0 Å². The molecule has 0 saturated carbocycles. The van der Waals surface area contributed by atoms with Crippen LogP contribution in [-0.2, 0) is 11.3 Å². The fraction of sp³-hybridized carbons (Fsp3) is 0.444. The Morgan fingerprint density at radius 3 is 2.79 bits per heavy atom. The number of aromatic nitrogens is 2. The number of amides is 1. The van der Waals surface area contributed by atoms with Crippen LogP contribution in [-0.4, -0.2) is 41.5 Å². The van der Waals surface area contributed by atoms with Crippen LogP contribution in [0.1, 0.15) is 30.0 Å². The number of aryl methyl sites for hydroxylation is 2. The van der Waals surface area contributed by atoms with Gasteiger partial charge in [-0.05, 0) is 51.1 Å². The summed E-state index contributed by atoms with van der Waals surface area (Å²) in [5, 5.41) is 7.25. The number of anilines is 2. The highest BCUT2D eigenvalue weighted by Crippen LogP contribution is 2.21. The molecule has 24 heavy (non-hydrogen) atoms. The number of nitrogens with one attached hydrogen (secondary N) is 1. The fourth-order valence-corrected chi connectivity index (χ4v) is 2.97. The minimum absolute atomic E-state index is 0.134.